The highest BCUT2D eigenvalue weighted by molar-refractivity contribution is 9.10. The van der Waals surface area contributed by atoms with E-state index in [-0.39, 0.29) is 6.61 Å². The predicted molar refractivity (Wildman–Crippen MR) is 106 cm³/mol. The van der Waals surface area contributed by atoms with Crippen molar-refractivity contribution in [3.05, 3.63) is 79.9 Å². The van der Waals surface area contributed by atoms with Gasteiger partial charge in [0.1, 0.15) is 0 Å². The monoisotopic (exact) mass is 430 g/mol. The molecule has 1 aromatic heterocycles. The Kier molecular flexibility index (Phi) is 5.60. The van der Waals surface area contributed by atoms with Crippen LogP contribution in [0.25, 0.3) is 10.9 Å². The maximum atomic E-state index is 12.5. The lowest BCUT2D eigenvalue weighted by Crippen LogP contribution is -2.37. The molecule has 1 heterocycles. The molecular weight excluding hydrogens is 412 g/mol. The molecule has 3 aromatic rings. The van der Waals surface area contributed by atoms with Crippen LogP contribution in [0.15, 0.2) is 53.1 Å². The Morgan fingerprint density at radius 3 is 2.59 bits per heavy atom. The lowest BCUT2D eigenvalue weighted by atomic mass is 9.84. The second kappa shape index (κ2) is 7.92. The van der Waals surface area contributed by atoms with Gasteiger partial charge in [-0.15, -0.1) is 0 Å². The maximum Gasteiger partial charge on any atom is 0.382 e. The van der Waals surface area contributed by atoms with E-state index in [1.165, 1.54) is 0 Å². The number of nitro groups is 1. The molecule has 2 aromatic carbocycles. The molecule has 140 valence electrons. The summed E-state index contributed by atoms with van der Waals surface area (Å²) in [6, 6.07) is 11.6. The van der Waals surface area contributed by atoms with Crippen LogP contribution in [-0.4, -0.2) is 28.5 Å². The number of fused-ring (bicyclic) bond motifs is 1. The van der Waals surface area contributed by atoms with Crippen LogP contribution >= 0.6 is 15.9 Å². The first-order valence-corrected chi connectivity index (χ1v) is 9.35. The lowest BCUT2D eigenvalue weighted by Gasteiger charge is -2.20. The molecule has 0 aliphatic heterocycles. The fourth-order valence-electron chi connectivity index (χ4n) is 3.25. The van der Waals surface area contributed by atoms with Crippen molar-refractivity contribution >= 4 is 32.8 Å². The van der Waals surface area contributed by atoms with Crippen molar-refractivity contribution in [2.45, 2.75) is 25.8 Å². The van der Waals surface area contributed by atoms with Crippen molar-refractivity contribution in [3.8, 4) is 0 Å². The Bertz CT molecular complexity index is 981. The summed E-state index contributed by atoms with van der Waals surface area (Å²) in [5.41, 5.74) is 3.25. The fraction of sp³-hybridized carbons (Fsp3) is 0.250. The first kappa shape index (κ1) is 19.1. The highest BCUT2D eigenvalue weighted by Gasteiger charge is 2.43. The molecular formula is C20H19BrN2O4. The summed E-state index contributed by atoms with van der Waals surface area (Å²) in [7, 11) is 0. The molecule has 0 fully saturated rings. The van der Waals surface area contributed by atoms with Gasteiger partial charge in [0.2, 0.25) is 0 Å². The molecule has 3 rings (SSSR count). The smallest absolute Gasteiger partial charge is 0.382 e. The van der Waals surface area contributed by atoms with Gasteiger partial charge in [0.15, 0.2) is 0 Å². The van der Waals surface area contributed by atoms with E-state index in [0.29, 0.717) is 11.1 Å². The minimum Gasteiger partial charge on any atom is -0.461 e. The molecule has 2 atom stereocenters. The predicted octanol–water partition coefficient (Wildman–Crippen LogP) is 4.58. The largest absolute Gasteiger partial charge is 0.461 e. The number of nitrogens with one attached hydrogen (secondary N) is 1. The van der Waals surface area contributed by atoms with Crippen molar-refractivity contribution in [2.24, 2.45) is 0 Å². The molecule has 0 radical (unpaired) electrons. The molecule has 0 unspecified atom stereocenters. The van der Waals surface area contributed by atoms with Gasteiger partial charge in [0.25, 0.3) is 0 Å². The Hall–Kier alpha value is -2.67. The summed E-state index contributed by atoms with van der Waals surface area (Å²) in [6.07, 6.45) is 1.73. The van der Waals surface area contributed by atoms with E-state index in [9.17, 15) is 14.9 Å². The van der Waals surface area contributed by atoms with Gasteiger partial charge in [0, 0.05) is 26.5 Å². The van der Waals surface area contributed by atoms with E-state index >= 15 is 0 Å². The number of carbonyl (C=O) groups excluding carboxylic acids is 1. The van der Waals surface area contributed by atoms with E-state index in [4.69, 9.17) is 4.74 Å². The van der Waals surface area contributed by atoms with Gasteiger partial charge in [-0.1, -0.05) is 45.8 Å². The first-order valence-electron chi connectivity index (χ1n) is 8.55. The van der Waals surface area contributed by atoms with Crippen molar-refractivity contribution < 1.29 is 14.5 Å². The van der Waals surface area contributed by atoms with Gasteiger partial charge in [-0.05, 0) is 43.2 Å². The fourth-order valence-corrected chi connectivity index (χ4v) is 3.61. The third-order valence-corrected chi connectivity index (χ3v) is 5.01. The number of nitrogens with zero attached hydrogens (tertiary/aromatic N) is 1. The van der Waals surface area contributed by atoms with E-state index in [1.807, 2.05) is 49.4 Å². The number of halogens is 1. The number of H-pyrrole nitrogens is 1. The molecule has 0 bridgehead atoms. The number of rotatable bonds is 6. The normalized spacial score (nSPS) is 13.3. The second-order valence-corrected chi connectivity index (χ2v) is 7.22. The van der Waals surface area contributed by atoms with Crippen LogP contribution in [-0.2, 0) is 9.53 Å². The molecule has 0 aliphatic rings. The molecule has 6 nitrogen and oxygen atoms in total. The van der Waals surface area contributed by atoms with Crippen LogP contribution in [0.4, 0.5) is 0 Å². The summed E-state index contributed by atoms with van der Waals surface area (Å²) < 4.78 is 5.88. The Balaban J connectivity index is 2.22. The number of carbonyl (C=O) groups is 1. The van der Waals surface area contributed by atoms with Crippen LogP contribution in [0, 0.1) is 17.0 Å². The van der Waals surface area contributed by atoms with Gasteiger partial charge in [0.05, 0.1) is 12.5 Å². The highest BCUT2D eigenvalue weighted by atomic mass is 79.9. The Morgan fingerprint density at radius 1 is 1.26 bits per heavy atom. The van der Waals surface area contributed by atoms with Crippen LogP contribution < -0.4 is 0 Å². The molecule has 27 heavy (non-hydrogen) atoms. The van der Waals surface area contributed by atoms with Gasteiger partial charge < -0.3 is 9.72 Å². The molecule has 0 spiro atoms. The molecule has 1 N–H and O–H groups in total. The summed E-state index contributed by atoms with van der Waals surface area (Å²) in [6.45, 7) is 3.67. The van der Waals surface area contributed by atoms with Gasteiger partial charge in [-0.3, -0.25) is 10.1 Å². The number of ether oxygens (including phenoxy) is 1. The number of hydrogen-bond acceptors (Lipinski definition) is 4. The zero-order valence-electron chi connectivity index (χ0n) is 14.9. The quantitative estimate of drug-likeness (QED) is 0.352. The Labute approximate surface area is 164 Å². The molecule has 0 saturated heterocycles. The van der Waals surface area contributed by atoms with E-state index in [2.05, 4.69) is 20.9 Å². The number of hydrogen-bond donors (Lipinski definition) is 1. The first-order chi connectivity index (χ1) is 12.9. The Morgan fingerprint density at radius 2 is 1.96 bits per heavy atom. The van der Waals surface area contributed by atoms with E-state index in [1.54, 1.807) is 13.1 Å². The third-order valence-electron chi connectivity index (χ3n) is 4.52. The summed E-state index contributed by atoms with van der Waals surface area (Å²) in [4.78, 5) is 27.0. The van der Waals surface area contributed by atoms with Crippen molar-refractivity contribution in [2.75, 3.05) is 6.61 Å². The minimum absolute atomic E-state index is 0.0865. The zero-order valence-corrected chi connectivity index (χ0v) is 16.5. The van der Waals surface area contributed by atoms with Crippen LogP contribution in [0.2, 0.25) is 0 Å². The average Bonchev–Trinajstić information content (AvgIpc) is 3.03. The second-order valence-electron chi connectivity index (χ2n) is 6.30. The van der Waals surface area contributed by atoms with Crippen molar-refractivity contribution in [1.29, 1.82) is 0 Å². The van der Waals surface area contributed by atoms with Gasteiger partial charge >= 0.3 is 12.0 Å². The molecule has 0 aliphatic carbocycles. The number of benzene rings is 2. The SMILES string of the molecule is CCOC(=O)[C@@H]([C@H](c1ccc(C)cc1)c1c[nH]c2ccc(Br)cc12)[N+](=O)[O-]. The summed E-state index contributed by atoms with van der Waals surface area (Å²) in [5, 5.41) is 12.7. The zero-order chi connectivity index (χ0) is 19.6. The molecule has 0 saturated carbocycles. The summed E-state index contributed by atoms with van der Waals surface area (Å²) in [5.74, 6) is -1.61. The number of esters is 1. The lowest BCUT2D eigenvalue weighted by molar-refractivity contribution is -0.513. The summed E-state index contributed by atoms with van der Waals surface area (Å²) >= 11 is 3.45. The van der Waals surface area contributed by atoms with Crippen LogP contribution in [0.5, 0.6) is 0 Å². The maximum absolute atomic E-state index is 12.5. The van der Waals surface area contributed by atoms with Crippen LogP contribution in [0.3, 0.4) is 0 Å². The average molecular weight is 431 g/mol. The van der Waals surface area contributed by atoms with E-state index in [0.717, 1.165) is 20.9 Å². The van der Waals surface area contributed by atoms with Gasteiger partial charge in [-0.2, -0.15) is 0 Å². The number of aryl methyl sites for hydroxylation is 1. The van der Waals surface area contributed by atoms with Crippen LogP contribution in [0.1, 0.15) is 29.5 Å². The molecule has 7 heteroatoms. The number of aromatic nitrogens is 1. The molecule has 0 amide bonds. The third kappa shape index (κ3) is 3.88. The topological polar surface area (TPSA) is 85.2 Å². The van der Waals surface area contributed by atoms with Crippen molar-refractivity contribution in [1.82, 2.24) is 4.98 Å². The number of aromatic amines is 1. The minimum atomic E-state index is -1.54. The van der Waals surface area contributed by atoms with Crippen molar-refractivity contribution in [3.63, 3.8) is 0 Å². The standard InChI is InChI=1S/C20H19BrN2O4/c1-3-27-20(24)19(23(25)26)18(13-6-4-12(2)5-7-13)16-11-22-17-9-8-14(21)10-15(16)17/h4-11,18-19,22H,3H2,1-2H3/t18-,19-/m1/s1. The van der Waals surface area contributed by atoms with E-state index < -0.39 is 22.9 Å². The van der Waals surface area contributed by atoms with Gasteiger partial charge in [-0.25, -0.2) is 4.79 Å². The highest BCUT2D eigenvalue weighted by Crippen LogP contribution is 2.36.